The largest absolute Gasteiger partial charge is 0.300 e. The molecule has 21 heavy (non-hydrogen) atoms. The predicted molar refractivity (Wildman–Crippen MR) is 75.1 cm³/mol. The van der Waals surface area contributed by atoms with Gasteiger partial charge in [-0.15, -0.1) is 10.2 Å². The second kappa shape index (κ2) is 6.71. The Balaban J connectivity index is 2.50. The number of rotatable bonds is 7. The first-order valence-electron chi connectivity index (χ1n) is 5.35. The Kier molecular flexibility index (Phi) is 5.71. The van der Waals surface area contributed by atoms with Gasteiger partial charge in [0.05, 0.1) is 0 Å². The van der Waals surface area contributed by atoms with E-state index in [0.29, 0.717) is 11.3 Å². The van der Waals surface area contributed by atoms with E-state index in [4.69, 9.17) is 5.14 Å². The molecular weight excluding hydrogens is 344 g/mol. The van der Waals surface area contributed by atoms with Crippen LogP contribution in [-0.4, -0.2) is 57.9 Å². The number of sulfonamides is 1. The van der Waals surface area contributed by atoms with Crippen molar-refractivity contribution in [3.8, 4) is 0 Å². The molecule has 1 aromatic rings. The van der Waals surface area contributed by atoms with Gasteiger partial charge in [-0.3, -0.25) is 4.79 Å². The summed E-state index contributed by atoms with van der Waals surface area (Å²) in [6.07, 6.45) is -0.155. The number of aromatic nitrogens is 2. The van der Waals surface area contributed by atoms with Gasteiger partial charge in [0.1, 0.15) is 0 Å². The Morgan fingerprint density at radius 2 is 1.90 bits per heavy atom. The molecule has 14 heteroatoms. The molecule has 0 bridgehead atoms. The number of hydrogen-bond donors (Lipinski definition) is 3. The van der Waals surface area contributed by atoms with Crippen molar-refractivity contribution in [2.45, 2.75) is 10.8 Å². The molecule has 0 radical (unpaired) electrons. The van der Waals surface area contributed by atoms with Gasteiger partial charge < -0.3 is 5.32 Å². The molecule has 0 aliphatic carbocycles. The predicted octanol–water partition coefficient (Wildman–Crippen LogP) is -2.09. The molecule has 1 amide bonds. The van der Waals surface area contributed by atoms with Gasteiger partial charge >= 0.3 is 0 Å². The lowest BCUT2D eigenvalue weighted by Gasteiger charge is -2.11. The third kappa shape index (κ3) is 5.60. The van der Waals surface area contributed by atoms with Gasteiger partial charge in [0, 0.05) is 27.1 Å². The zero-order valence-electron chi connectivity index (χ0n) is 11.1. The zero-order chi connectivity index (χ0) is 16.3. The number of carbonyl (C=O) groups is 1. The summed E-state index contributed by atoms with van der Waals surface area (Å²) in [7, 11) is -4.88. The lowest BCUT2D eigenvalue weighted by atomic mass is 10.4. The first-order chi connectivity index (χ1) is 9.52. The smallest absolute Gasteiger partial charge is 0.278 e. The van der Waals surface area contributed by atoms with Gasteiger partial charge in [-0.2, -0.15) is 12.7 Å². The van der Waals surface area contributed by atoms with Crippen molar-refractivity contribution in [3.05, 3.63) is 0 Å². The fourth-order valence-electron chi connectivity index (χ4n) is 0.980. The molecule has 1 rings (SSSR count). The van der Waals surface area contributed by atoms with Crippen LogP contribution < -0.4 is 15.2 Å². The molecule has 1 aromatic heterocycles. The SMILES string of the molecule is CN(C)S(=O)(=O)NCCC(=O)Nc1nnc(S(N)(=O)=O)s1. The minimum Gasteiger partial charge on any atom is -0.300 e. The first-order valence-corrected chi connectivity index (χ1v) is 9.16. The summed E-state index contributed by atoms with van der Waals surface area (Å²) in [5.74, 6) is -0.548. The van der Waals surface area contributed by atoms with E-state index in [9.17, 15) is 21.6 Å². The van der Waals surface area contributed by atoms with Gasteiger partial charge in [-0.05, 0) is 0 Å². The lowest BCUT2D eigenvalue weighted by Crippen LogP contribution is -2.37. The van der Waals surface area contributed by atoms with Crippen LogP contribution in [0.4, 0.5) is 5.13 Å². The number of nitrogens with one attached hydrogen (secondary N) is 2. The van der Waals surface area contributed by atoms with Crippen molar-refractivity contribution < 1.29 is 21.6 Å². The Morgan fingerprint density at radius 1 is 1.29 bits per heavy atom. The highest BCUT2D eigenvalue weighted by atomic mass is 32.2. The van der Waals surface area contributed by atoms with Gasteiger partial charge in [0.25, 0.3) is 20.2 Å². The molecule has 0 aliphatic rings. The minimum absolute atomic E-state index is 0.0421. The summed E-state index contributed by atoms with van der Waals surface area (Å²) >= 11 is 0.598. The summed E-state index contributed by atoms with van der Waals surface area (Å²) in [5, 5.41) is 13.8. The lowest BCUT2D eigenvalue weighted by molar-refractivity contribution is -0.116. The number of carbonyl (C=O) groups excluding carboxylic acids is 1. The van der Waals surface area contributed by atoms with Crippen LogP contribution in [0, 0.1) is 0 Å². The number of nitrogens with two attached hydrogens (primary N) is 1. The van der Waals surface area contributed by atoms with Crippen molar-refractivity contribution in [2.24, 2.45) is 5.14 Å². The number of anilines is 1. The molecule has 0 aliphatic heterocycles. The highest BCUT2D eigenvalue weighted by Gasteiger charge is 2.17. The zero-order valence-corrected chi connectivity index (χ0v) is 13.5. The monoisotopic (exact) mass is 358 g/mol. The number of primary sulfonamides is 1. The fourth-order valence-corrected chi connectivity index (χ4v) is 2.95. The molecule has 120 valence electrons. The van der Waals surface area contributed by atoms with E-state index in [0.717, 1.165) is 4.31 Å². The molecule has 0 fully saturated rings. The Labute approximate surface area is 125 Å². The molecular formula is C7H14N6O5S3. The maximum Gasteiger partial charge on any atom is 0.278 e. The van der Waals surface area contributed by atoms with Crippen molar-refractivity contribution in [3.63, 3.8) is 0 Å². The topological polar surface area (TPSA) is 164 Å². The highest BCUT2D eigenvalue weighted by Crippen LogP contribution is 2.18. The average Bonchev–Trinajstić information content (AvgIpc) is 2.76. The van der Waals surface area contributed by atoms with E-state index >= 15 is 0 Å². The second-order valence-corrected chi connectivity index (χ2v) is 8.58. The molecule has 1 heterocycles. The first kappa shape index (κ1) is 17.9. The van der Waals surface area contributed by atoms with Gasteiger partial charge in [-0.25, -0.2) is 18.3 Å². The van der Waals surface area contributed by atoms with Crippen molar-refractivity contribution >= 4 is 42.6 Å². The van der Waals surface area contributed by atoms with E-state index < -0.39 is 30.5 Å². The molecule has 0 atom stereocenters. The minimum atomic E-state index is -3.97. The third-order valence-corrected chi connectivity index (χ3v) is 5.69. The standard InChI is InChI=1S/C7H14N6O5S3/c1-13(2)21(17,18)9-4-3-5(14)10-6-11-12-7(19-6)20(8,15)16/h9H,3-4H2,1-2H3,(H2,8,15,16)(H,10,11,14). The van der Waals surface area contributed by atoms with Crippen LogP contribution in [0.3, 0.4) is 0 Å². The Morgan fingerprint density at radius 3 is 2.38 bits per heavy atom. The second-order valence-electron chi connectivity index (χ2n) is 3.90. The maximum absolute atomic E-state index is 11.5. The van der Waals surface area contributed by atoms with Gasteiger partial charge in [0.15, 0.2) is 0 Å². The third-order valence-electron chi connectivity index (χ3n) is 2.01. The van der Waals surface area contributed by atoms with Crippen molar-refractivity contribution in [1.82, 2.24) is 19.2 Å². The van der Waals surface area contributed by atoms with Crippen LogP contribution in [0.1, 0.15) is 6.42 Å². The highest BCUT2D eigenvalue weighted by molar-refractivity contribution is 7.91. The summed E-state index contributed by atoms with van der Waals surface area (Å²) in [5.41, 5.74) is 0. The van der Waals surface area contributed by atoms with E-state index in [-0.39, 0.29) is 18.1 Å². The van der Waals surface area contributed by atoms with Crippen LogP contribution in [-0.2, 0) is 25.0 Å². The normalized spacial score (nSPS) is 12.6. The summed E-state index contributed by atoms with van der Waals surface area (Å²) in [6, 6.07) is 0. The Bertz CT molecular complexity index is 709. The number of nitrogens with zero attached hydrogens (tertiary/aromatic N) is 3. The van der Waals surface area contributed by atoms with Crippen LogP contribution in [0.5, 0.6) is 0 Å². The van der Waals surface area contributed by atoms with Crippen LogP contribution in [0.2, 0.25) is 0 Å². The van der Waals surface area contributed by atoms with Gasteiger partial charge in [0.2, 0.25) is 15.4 Å². The molecule has 0 unspecified atom stereocenters. The molecule has 0 saturated carbocycles. The van der Waals surface area contributed by atoms with E-state index in [2.05, 4.69) is 20.2 Å². The molecule has 0 aromatic carbocycles. The maximum atomic E-state index is 11.5. The van der Waals surface area contributed by atoms with E-state index in [1.807, 2.05) is 0 Å². The summed E-state index contributed by atoms with van der Waals surface area (Å²) < 4.78 is 47.4. The average molecular weight is 358 g/mol. The Hall–Kier alpha value is -1.19. The van der Waals surface area contributed by atoms with Crippen LogP contribution in [0.25, 0.3) is 0 Å². The number of amides is 1. The van der Waals surface area contributed by atoms with Crippen LogP contribution >= 0.6 is 11.3 Å². The summed E-state index contributed by atoms with van der Waals surface area (Å²) in [4.78, 5) is 11.5. The molecule has 4 N–H and O–H groups in total. The van der Waals surface area contributed by atoms with Crippen molar-refractivity contribution in [1.29, 1.82) is 0 Å². The van der Waals surface area contributed by atoms with E-state index in [1.165, 1.54) is 14.1 Å². The summed E-state index contributed by atoms with van der Waals surface area (Å²) in [6.45, 7) is -0.118. The number of hydrogen-bond acceptors (Lipinski definition) is 8. The fraction of sp³-hybridized carbons (Fsp3) is 0.571. The quantitative estimate of drug-likeness (QED) is 0.470. The molecule has 0 saturated heterocycles. The van der Waals surface area contributed by atoms with E-state index in [1.54, 1.807) is 0 Å². The molecule has 0 spiro atoms. The van der Waals surface area contributed by atoms with Crippen LogP contribution in [0.15, 0.2) is 4.34 Å². The van der Waals surface area contributed by atoms with Gasteiger partial charge in [-0.1, -0.05) is 11.3 Å². The van der Waals surface area contributed by atoms with Crippen molar-refractivity contribution in [2.75, 3.05) is 26.0 Å². The molecule has 11 nitrogen and oxygen atoms in total.